The molecule has 0 aliphatic rings. The molecule has 0 saturated carbocycles. The average Bonchev–Trinajstić information content (AvgIpc) is 2.34. The molecule has 0 unspecified atom stereocenters. The molecule has 0 aromatic carbocycles. The Balaban J connectivity index is 0. The fraction of sp³-hybridized carbons (Fsp3) is 0.818. The summed E-state index contributed by atoms with van der Waals surface area (Å²) >= 11 is 0. The molecule has 0 fully saturated rings. The van der Waals surface area contributed by atoms with Crippen LogP contribution in [-0.4, -0.2) is 39.9 Å². The van der Waals surface area contributed by atoms with E-state index in [1.807, 2.05) is 6.92 Å². The molecule has 0 spiro atoms. The topological polar surface area (TPSA) is 61.8 Å². The second-order valence-electron chi connectivity index (χ2n) is 3.03. The lowest BCUT2D eigenvalue weighted by Gasteiger charge is -2.03. The molecule has 0 saturated heterocycles. The fourth-order valence-corrected chi connectivity index (χ4v) is 0.695. The van der Waals surface area contributed by atoms with Gasteiger partial charge in [0.2, 0.25) is 0 Å². The van der Waals surface area contributed by atoms with Gasteiger partial charge in [-0.1, -0.05) is 0 Å². The Morgan fingerprint density at radius 1 is 1.19 bits per heavy atom. The van der Waals surface area contributed by atoms with Crippen molar-refractivity contribution in [2.24, 2.45) is 0 Å². The lowest BCUT2D eigenvalue weighted by atomic mass is 10.2. The second kappa shape index (κ2) is 14.1. The lowest BCUT2D eigenvalue weighted by molar-refractivity contribution is -0.140. The first kappa shape index (κ1) is 17.5. The van der Waals surface area contributed by atoms with Gasteiger partial charge in [-0.3, -0.25) is 4.79 Å². The van der Waals surface area contributed by atoms with Crippen molar-refractivity contribution in [2.45, 2.75) is 38.9 Å². The quantitative estimate of drug-likeness (QED) is 0.289. The maximum absolute atomic E-state index is 10.5. The summed E-state index contributed by atoms with van der Waals surface area (Å²) in [6.45, 7) is 1.83. The van der Waals surface area contributed by atoms with E-state index in [1.165, 1.54) is 7.11 Å². The predicted molar refractivity (Wildman–Crippen MR) is 60.0 cm³/mol. The molecule has 0 heterocycles. The molecule has 0 aromatic heterocycles. The average molecular weight is 234 g/mol. The van der Waals surface area contributed by atoms with Crippen molar-refractivity contribution >= 4 is 12.3 Å². The van der Waals surface area contributed by atoms with Crippen molar-refractivity contribution in [1.29, 1.82) is 0 Å². The highest BCUT2D eigenvalue weighted by molar-refractivity contribution is 5.69. The van der Waals surface area contributed by atoms with Gasteiger partial charge in [0.05, 0.1) is 7.11 Å². The summed E-state index contributed by atoms with van der Waals surface area (Å²) in [5.41, 5.74) is 0. The normalized spacial score (nSPS) is 9.31. The highest BCUT2D eigenvalue weighted by Crippen LogP contribution is 1.98. The van der Waals surface area contributed by atoms with Crippen molar-refractivity contribution in [1.82, 2.24) is 0 Å². The van der Waals surface area contributed by atoms with Crippen LogP contribution in [0, 0.1) is 0 Å². The Labute approximate surface area is 97.1 Å². The van der Waals surface area contributed by atoms with E-state index in [1.54, 1.807) is 14.2 Å². The second-order valence-corrected chi connectivity index (χ2v) is 3.03. The third-order valence-corrected chi connectivity index (χ3v) is 1.84. The van der Waals surface area contributed by atoms with Gasteiger partial charge < -0.3 is 19.0 Å². The van der Waals surface area contributed by atoms with Gasteiger partial charge in [-0.2, -0.15) is 0 Å². The van der Waals surface area contributed by atoms with Crippen LogP contribution < -0.4 is 0 Å². The van der Waals surface area contributed by atoms with E-state index in [0.29, 0.717) is 12.8 Å². The fourth-order valence-electron chi connectivity index (χ4n) is 0.695. The summed E-state index contributed by atoms with van der Waals surface area (Å²) in [5, 5.41) is 0. The van der Waals surface area contributed by atoms with Crippen LogP contribution in [0.25, 0.3) is 0 Å². The molecule has 0 bridgehead atoms. The van der Waals surface area contributed by atoms with Gasteiger partial charge in [0, 0.05) is 27.1 Å². The van der Waals surface area contributed by atoms with Crippen LogP contribution in [0.5, 0.6) is 0 Å². The van der Waals surface area contributed by atoms with Crippen LogP contribution in [0.4, 0.5) is 0 Å². The number of carbonyl (C=O) groups is 2. The first-order valence-electron chi connectivity index (χ1n) is 5.18. The molecule has 96 valence electrons. The standard InChI is InChI=1S/C7H12O3.C4H10O2/c1-10-7(9)5-3-2-4-6-8;1-4(5-2)6-3/h6H,2-5H2,1H3;4H,1-3H3. The van der Waals surface area contributed by atoms with Crippen molar-refractivity contribution in [3.8, 4) is 0 Å². The van der Waals surface area contributed by atoms with Crippen LogP contribution in [-0.2, 0) is 23.8 Å². The third kappa shape index (κ3) is 15.5. The lowest BCUT2D eigenvalue weighted by Crippen LogP contribution is -2.05. The van der Waals surface area contributed by atoms with Crippen LogP contribution in [0.1, 0.15) is 32.6 Å². The molecule has 0 amide bonds. The Bertz CT molecular complexity index is 166. The van der Waals surface area contributed by atoms with Crippen LogP contribution in [0.3, 0.4) is 0 Å². The molecule has 5 heteroatoms. The van der Waals surface area contributed by atoms with E-state index in [4.69, 9.17) is 0 Å². The molecule has 5 nitrogen and oxygen atoms in total. The van der Waals surface area contributed by atoms with Gasteiger partial charge in [-0.15, -0.1) is 0 Å². The van der Waals surface area contributed by atoms with E-state index in [2.05, 4.69) is 14.2 Å². The number of hydrogen-bond acceptors (Lipinski definition) is 5. The number of aldehydes is 1. The minimum absolute atomic E-state index is 0.0648. The monoisotopic (exact) mass is 234 g/mol. The molecule has 16 heavy (non-hydrogen) atoms. The van der Waals surface area contributed by atoms with E-state index in [9.17, 15) is 9.59 Å². The zero-order valence-electron chi connectivity index (χ0n) is 10.5. The zero-order valence-corrected chi connectivity index (χ0v) is 10.5. The Morgan fingerprint density at radius 3 is 2.06 bits per heavy atom. The van der Waals surface area contributed by atoms with Crippen molar-refractivity contribution in [3.63, 3.8) is 0 Å². The van der Waals surface area contributed by atoms with Crippen LogP contribution >= 0.6 is 0 Å². The van der Waals surface area contributed by atoms with Crippen molar-refractivity contribution < 1.29 is 23.8 Å². The number of carbonyl (C=O) groups excluding carboxylic acids is 2. The maximum Gasteiger partial charge on any atom is 0.305 e. The molecule has 0 N–H and O–H groups in total. The van der Waals surface area contributed by atoms with Gasteiger partial charge in [0.15, 0.2) is 6.29 Å². The summed E-state index contributed by atoms with van der Waals surface area (Å²) in [6.07, 6.45) is 3.27. The summed E-state index contributed by atoms with van der Waals surface area (Å²) < 4.78 is 13.8. The zero-order chi connectivity index (χ0) is 12.8. The molecular formula is C11H22O5. The first-order valence-corrected chi connectivity index (χ1v) is 5.18. The number of rotatable bonds is 7. The summed E-state index contributed by atoms with van der Waals surface area (Å²) in [7, 11) is 4.57. The van der Waals surface area contributed by atoms with Crippen LogP contribution in [0.15, 0.2) is 0 Å². The molecule has 0 aliphatic heterocycles. The first-order chi connectivity index (χ1) is 7.62. The highest BCUT2D eigenvalue weighted by atomic mass is 16.7. The maximum atomic E-state index is 10.5. The number of hydrogen-bond donors (Lipinski definition) is 0. The number of methoxy groups -OCH3 is 3. The van der Waals surface area contributed by atoms with Gasteiger partial charge in [-0.25, -0.2) is 0 Å². The number of unbranched alkanes of at least 4 members (excludes halogenated alkanes) is 2. The molecule has 0 aliphatic carbocycles. The Hall–Kier alpha value is -0.940. The highest BCUT2D eigenvalue weighted by Gasteiger charge is 1.97. The minimum Gasteiger partial charge on any atom is -0.469 e. The van der Waals surface area contributed by atoms with E-state index in [0.717, 1.165) is 19.1 Å². The molecule has 0 atom stereocenters. The summed E-state index contributed by atoms with van der Waals surface area (Å²) in [6, 6.07) is 0. The number of esters is 1. The van der Waals surface area contributed by atoms with Gasteiger partial charge in [0.25, 0.3) is 0 Å². The smallest absolute Gasteiger partial charge is 0.305 e. The largest absolute Gasteiger partial charge is 0.469 e. The molecular weight excluding hydrogens is 212 g/mol. The van der Waals surface area contributed by atoms with Gasteiger partial charge in [0.1, 0.15) is 6.29 Å². The predicted octanol–water partition coefficient (Wildman–Crippen LogP) is 1.54. The van der Waals surface area contributed by atoms with Crippen molar-refractivity contribution in [2.75, 3.05) is 21.3 Å². The Morgan fingerprint density at radius 2 is 1.75 bits per heavy atom. The molecule has 0 rings (SSSR count). The van der Waals surface area contributed by atoms with Crippen molar-refractivity contribution in [3.05, 3.63) is 0 Å². The SMILES string of the molecule is COC(=O)CCCCC=O.COC(C)OC. The van der Waals surface area contributed by atoms with Gasteiger partial charge in [-0.05, 0) is 19.8 Å². The summed E-state index contributed by atoms with van der Waals surface area (Å²) in [4.78, 5) is 20.3. The van der Waals surface area contributed by atoms with E-state index < -0.39 is 0 Å². The summed E-state index contributed by atoms with van der Waals surface area (Å²) in [5.74, 6) is -0.203. The van der Waals surface area contributed by atoms with Gasteiger partial charge >= 0.3 is 5.97 Å². The Kier molecular flexibility index (Phi) is 15.3. The van der Waals surface area contributed by atoms with E-state index >= 15 is 0 Å². The van der Waals surface area contributed by atoms with E-state index in [-0.39, 0.29) is 12.3 Å². The minimum atomic E-state index is -0.203. The van der Waals surface area contributed by atoms with Crippen LogP contribution in [0.2, 0.25) is 0 Å². The molecule has 0 radical (unpaired) electrons. The number of ether oxygens (including phenoxy) is 3. The third-order valence-electron chi connectivity index (χ3n) is 1.84. The molecule has 0 aromatic rings.